The number of rotatable bonds is 15. The fraction of sp³-hybridized carbons (Fsp3) is 0.545. The highest BCUT2D eigenvalue weighted by Gasteiger charge is 2.67. The average Bonchev–Trinajstić information content (AvgIpc) is 3.32. The van der Waals surface area contributed by atoms with Crippen molar-refractivity contribution in [3.63, 3.8) is 0 Å². The van der Waals surface area contributed by atoms with E-state index < -0.39 is 11.8 Å². The van der Waals surface area contributed by atoms with Gasteiger partial charge in [-0.05, 0) is 90.7 Å². The summed E-state index contributed by atoms with van der Waals surface area (Å²) in [7, 11) is 0. The van der Waals surface area contributed by atoms with Crippen molar-refractivity contribution < 1.29 is 33.4 Å². The second kappa shape index (κ2) is 13.0. The van der Waals surface area contributed by atoms with Gasteiger partial charge in [-0.2, -0.15) is 0 Å². The highest BCUT2D eigenvalue weighted by molar-refractivity contribution is 7.18. The van der Waals surface area contributed by atoms with Gasteiger partial charge in [0.1, 0.15) is 11.5 Å². The lowest BCUT2D eigenvalue weighted by Crippen LogP contribution is -2.41. The molecule has 2 aromatic rings. The van der Waals surface area contributed by atoms with Crippen molar-refractivity contribution in [2.75, 3.05) is 46.1 Å². The van der Waals surface area contributed by atoms with Crippen LogP contribution in [-0.4, -0.2) is 75.5 Å². The number of nitrogens with one attached hydrogen (secondary N) is 4. The SMILES string of the molecule is CC1CC2(CC(=O)NCCOCCOCCNC(=O)COc3ccc(-c4cc5c(s4)C(=N)C(=O)NC5=O)cc3)CC3CC3(C1)C2. The summed E-state index contributed by atoms with van der Waals surface area (Å²) >= 11 is 1.21. The van der Waals surface area contributed by atoms with Gasteiger partial charge in [-0.3, -0.25) is 29.9 Å². The van der Waals surface area contributed by atoms with Gasteiger partial charge in [-0.25, -0.2) is 0 Å². The maximum absolute atomic E-state index is 12.6. The predicted octanol–water partition coefficient (Wildman–Crippen LogP) is 3.30. The standard InChI is InChI=1S/C33H40N4O7S/c1-20-13-32(15-22-16-33(22,14-20)19-32)17-26(38)35-6-8-42-10-11-43-9-7-36-27(39)18-44-23-4-2-21(3-5-23)25-12-24-29(45-25)28(34)31(41)37-30(24)40/h2-5,12,20,22,34H,6-11,13-19H2,1H3,(H,35,38)(H,36,39)(H,37,40,41). The van der Waals surface area contributed by atoms with E-state index in [4.69, 9.17) is 19.6 Å². The van der Waals surface area contributed by atoms with Crippen LogP contribution in [0.15, 0.2) is 30.3 Å². The van der Waals surface area contributed by atoms with Crippen LogP contribution in [0.4, 0.5) is 0 Å². The summed E-state index contributed by atoms with van der Waals surface area (Å²) < 4.78 is 16.6. The van der Waals surface area contributed by atoms with Crippen LogP contribution in [0.2, 0.25) is 0 Å². The minimum Gasteiger partial charge on any atom is -0.484 e. The van der Waals surface area contributed by atoms with Gasteiger partial charge in [-0.1, -0.05) is 6.92 Å². The number of amides is 4. The molecule has 1 aromatic heterocycles. The first-order valence-electron chi connectivity index (χ1n) is 15.7. The van der Waals surface area contributed by atoms with Crippen molar-refractivity contribution >= 4 is 40.7 Å². The molecule has 4 amide bonds. The van der Waals surface area contributed by atoms with Gasteiger partial charge in [0.25, 0.3) is 17.7 Å². The molecule has 0 radical (unpaired) electrons. The number of fused-ring (bicyclic) bond motifs is 2. The topological polar surface area (TPSA) is 156 Å². The Morgan fingerprint density at radius 2 is 1.67 bits per heavy atom. The quantitative estimate of drug-likeness (QED) is 0.173. The van der Waals surface area contributed by atoms with Crippen molar-refractivity contribution in [1.29, 1.82) is 5.41 Å². The Morgan fingerprint density at radius 1 is 0.956 bits per heavy atom. The van der Waals surface area contributed by atoms with Crippen LogP contribution < -0.4 is 20.7 Å². The van der Waals surface area contributed by atoms with Gasteiger partial charge >= 0.3 is 0 Å². The summed E-state index contributed by atoms with van der Waals surface area (Å²) in [6, 6.07) is 8.68. The normalized spacial score (nSPS) is 26.1. The highest BCUT2D eigenvalue weighted by Crippen LogP contribution is 2.76. The lowest BCUT2D eigenvalue weighted by atomic mass is 9.66. The first-order chi connectivity index (χ1) is 21.7. The van der Waals surface area contributed by atoms with Crippen LogP contribution in [0, 0.1) is 28.1 Å². The molecule has 4 N–H and O–H groups in total. The summed E-state index contributed by atoms with van der Waals surface area (Å²) in [5.41, 5.74) is 1.72. The number of thiophene rings is 1. The van der Waals surface area contributed by atoms with Crippen molar-refractivity contribution in [2.45, 2.75) is 45.4 Å². The monoisotopic (exact) mass is 636 g/mol. The summed E-state index contributed by atoms with van der Waals surface area (Å²) in [6.07, 6.45) is 7.08. The molecule has 11 nitrogen and oxygen atoms in total. The van der Waals surface area contributed by atoms with E-state index in [1.165, 1.54) is 43.4 Å². The van der Waals surface area contributed by atoms with Crippen LogP contribution >= 0.6 is 11.3 Å². The highest BCUT2D eigenvalue weighted by atomic mass is 32.1. The van der Waals surface area contributed by atoms with E-state index in [9.17, 15) is 19.2 Å². The van der Waals surface area contributed by atoms with Gasteiger partial charge in [0, 0.05) is 24.4 Å². The molecule has 240 valence electrons. The number of hydrogen-bond acceptors (Lipinski definition) is 9. The molecule has 4 atom stereocenters. The molecular formula is C33H40N4O7S. The maximum atomic E-state index is 12.6. The predicted molar refractivity (Wildman–Crippen MR) is 167 cm³/mol. The summed E-state index contributed by atoms with van der Waals surface area (Å²) in [5, 5.41) is 15.8. The molecule has 4 aliphatic rings. The lowest BCUT2D eigenvalue weighted by Gasteiger charge is -2.39. The summed E-state index contributed by atoms with van der Waals surface area (Å²) in [6.45, 7) is 4.63. The van der Waals surface area contributed by atoms with Gasteiger partial charge in [0.05, 0.1) is 36.9 Å². The first kappa shape index (κ1) is 31.4. The van der Waals surface area contributed by atoms with Gasteiger partial charge in [0.2, 0.25) is 5.91 Å². The van der Waals surface area contributed by atoms with E-state index in [0.29, 0.717) is 67.5 Å². The van der Waals surface area contributed by atoms with Crippen LogP contribution in [0.3, 0.4) is 0 Å². The molecule has 1 aliphatic heterocycles. The van der Waals surface area contributed by atoms with E-state index in [1.54, 1.807) is 30.3 Å². The van der Waals surface area contributed by atoms with Crippen LogP contribution in [-0.2, 0) is 23.9 Å². The first-order valence-corrected chi connectivity index (χ1v) is 16.5. The lowest BCUT2D eigenvalue weighted by molar-refractivity contribution is -0.125. The third-order valence-electron chi connectivity index (χ3n) is 9.51. The fourth-order valence-electron chi connectivity index (χ4n) is 7.86. The van der Waals surface area contributed by atoms with Crippen molar-refractivity contribution in [1.82, 2.24) is 16.0 Å². The Morgan fingerprint density at radius 3 is 2.40 bits per heavy atom. The fourth-order valence-corrected chi connectivity index (χ4v) is 8.96. The van der Waals surface area contributed by atoms with Gasteiger partial charge in [-0.15, -0.1) is 11.3 Å². The molecule has 3 aliphatic carbocycles. The zero-order chi connectivity index (χ0) is 31.6. The molecule has 45 heavy (non-hydrogen) atoms. The zero-order valence-corrected chi connectivity index (χ0v) is 26.3. The number of benzene rings is 1. The third-order valence-corrected chi connectivity index (χ3v) is 10.7. The molecule has 6 rings (SSSR count). The second-order valence-corrected chi connectivity index (χ2v) is 14.1. The Balaban J connectivity index is 0.788. The molecule has 1 aromatic carbocycles. The molecule has 1 spiro atoms. The summed E-state index contributed by atoms with van der Waals surface area (Å²) in [5.74, 6) is 0.784. The van der Waals surface area contributed by atoms with Crippen LogP contribution in [0.5, 0.6) is 5.75 Å². The molecule has 4 unspecified atom stereocenters. The van der Waals surface area contributed by atoms with Gasteiger partial charge in [0.15, 0.2) is 6.61 Å². The van der Waals surface area contributed by atoms with E-state index in [0.717, 1.165) is 22.3 Å². The average molecular weight is 637 g/mol. The van der Waals surface area contributed by atoms with Gasteiger partial charge < -0.3 is 24.8 Å². The molecule has 0 saturated heterocycles. The molecular weight excluding hydrogens is 596 g/mol. The molecule has 2 heterocycles. The number of carbonyl (C=O) groups excluding carboxylic acids is 4. The number of hydrogen-bond donors (Lipinski definition) is 4. The smallest absolute Gasteiger partial charge is 0.277 e. The Hall–Kier alpha value is -3.61. The zero-order valence-electron chi connectivity index (χ0n) is 25.5. The Kier molecular flexibility index (Phi) is 9.07. The van der Waals surface area contributed by atoms with Crippen molar-refractivity contribution in [2.24, 2.45) is 22.7 Å². The van der Waals surface area contributed by atoms with Crippen LogP contribution in [0.25, 0.3) is 10.4 Å². The third kappa shape index (κ3) is 7.13. The number of carbonyl (C=O) groups is 4. The molecule has 2 bridgehead atoms. The number of imide groups is 1. The molecule has 12 heteroatoms. The van der Waals surface area contributed by atoms with E-state index in [-0.39, 0.29) is 29.5 Å². The number of ether oxygens (including phenoxy) is 3. The van der Waals surface area contributed by atoms with Crippen molar-refractivity contribution in [3.05, 3.63) is 40.8 Å². The molecule has 3 saturated carbocycles. The minimum absolute atomic E-state index is 0.146. The summed E-state index contributed by atoms with van der Waals surface area (Å²) in [4.78, 5) is 49.6. The maximum Gasteiger partial charge on any atom is 0.277 e. The largest absolute Gasteiger partial charge is 0.484 e. The Bertz CT molecular complexity index is 1490. The van der Waals surface area contributed by atoms with E-state index in [2.05, 4.69) is 22.9 Å². The second-order valence-electron chi connectivity index (χ2n) is 13.1. The van der Waals surface area contributed by atoms with E-state index >= 15 is 0 Å². The Labute approximate surface area is 266 Å². The van der Waals surface area contributed by atoms with E-state index in [1.807, 2.05) is 0 Å². The molecule has 3 fully saturated rings. The minimum atomic E-state index is -0.696. The van der Waals surface area contributed by atoms with Crippen molar-refractivity contribution in [3.8, 4) is 16.2 Å². The van der Waals surface area contributed by atoms with Crippen LogP contribution in [0.1, 0.15) is 60.7 Å².